The van der Waals surface area contributed by atoms with E-state index in [9.17, 15) is 0 Å². The van der Waals surface area contributed by atoms with Crippen LogP contribution in [0.5, 0.6) is 0 Å². The second kappa shape index (κ2) is 9.27. The topological polar surface area (TPSA) is 27.0 Å². The van der Waals surface area contributed by atoms with E-state index in [0.717, 1.165) is 25.9 Å². The van der Waals surface area contributed by atoms with Gasteiger partial charge in [-0.2, -0.15) is 5.26 Å². The van der Waals surface area contributed by atoms with Gasteiger partial charge < -0.3 is 4.90 Å². The lowest BCUT2D eigenvalue weighted by molar-refractivity contribution is 0.296. The largest absolute Gasteiger partial charge is 0.377 e. The molecule has 0 amide bonds. The van der Waals surface area contributed by atoms with Gasteiger partial charge in [-0.15, -0.1) is 0 Å². The molecular formula is C14H26N2. The smallest absolute Gasteiger partial charge is 0.0621 e. The number of nitrogens with zero attached hydrogens (tertiary/aromatic N) is 2. The molecule has 2 heteroatoms. The summed E-state index contributed by atoms with van der Waals surface area (Å²) in [6.45, 7) is 11.2. The average Bonchev–Trinajstić information content (AvgIpc) is 2.15. The highest BCUT2D eigenvalue weighted by molar-refractivity contribution is 4.84. The van der Waals surface area contributed by atoms with Crippen molar-refractivity contribution in [3.05, 3.63) is 12.3 Å². The number of unbranched alkanes of at least 4 members (excludes halogenated alkanes) is 2. The highest BCUT2D eigenvalue weighted by Crippen LogP contribution is 2.05. The second-order valence-electron chi connectivity index (χ2n) is 5.18. The zero-order chi connectivity index (χ0) is 12.4. The Bertz CT molecular complexity index is 213. The third-order valence-corrected chi connectivity index (χ3v) is 2.17. The van der Waals surface area contributed by atoms with Crippen LogP contribution in [0.25, 0.3) is 0 Å². The molecule has 0 aliphatic rings. The summed E-state index contributed by atoms with van der Waals surface area (Å²) < 4.78 is 0. The van der Waals surface area contributed by atoms with Gasteiger partial charge in [0, 0.05) is 19.5 Å². The maximum Gasteiger partial charge on any atom is 0.0621 e. The number of rotatable bonds is 8. The molecule has 0 aromatic rings. The fourth-order valence-electron chi connectivity index (χ4n) is 1.66. The standard InChI is InChI=1S/C14H26N2/c1-13(2)11-16(12-14(3)4)10-8-6-5-7-9-15/h8,10,13-14H,5-7,11-12H2,1-4H3. The normalized spacial score (nSPS) is 11.3. The molecule has 92 valence electrons. The fourth-order valence-corrected chi connectivity index (χ4v) is 1.66. The van der Waals surface area contributed by atoms with Crippen LogP contribution in [-0.2, 0) is 0 Å². The highest BCUT2D eigenvalue weighted by atomic mass is 15.1. The molecule has 0 aromatic heterocycles. The van der Waals surface area contributed by atoms with Gasteiger partial charge in [0.1, 0.15) is 0 Å². The van der Waals surface area contributed by atoms with Crippen molar-refractivity contribution in [3.63, 3.8) is 0 Å². The zero-order valence-electron chi connectivity index (χ0n) is 11.2. The maximum atomic E-state index is 8.43. The molecule has 0 bridgehead atoms. The molecule has 16 heavy (non-hydrogen) atoms. The number of nitriles is 1. The van der Waals surface area contributed by atoms with Gasteiger partial charge in [-0.3, -0.25) is 0 Å². The molecule has 0 aromatic carbocycles. The molecule has 0 saturated heterocycles. The van der Waals surface area contributed by atoms with Crippen molar-refractivity contribution < 1.29 is 0 Å². The molecule has 0 N–H and O–H groups in total. The molecule has 0 unspecified atom stereocenters. The van der Waals surface area contributed by atoms with Crippen LogP contribution in [0.15, 0.2) is 12.3 Å². The summed E-state index contributed by atoms with van der Waals surface area (Å²) >= 11 is 0. The monoisotopic (exact) mass is 222 g/mol. The van der Waals surface area contributed by atoms with Gasteiger partial charge >= 0.3 is 0 Å². The van der Waals surface area contributed by atoms with Gasteiger partial charge in [-0.05, 0) is 30.9 Å². The van der Waals surface area contributed by atoms with Crippen molar-refractivity contribution in [2.75, 3.05) is 13.1 Å². The number of hydrogen-bond donors (Lipinski definition) is 0. The van der Waals surface area contributed by atoms with Gasteiger partial charge in [0.15, 0.2) is 0 Å². The fraction of sp³-hybridized carbons (Fsp3) is 0.786. The van der Waals surface area contributed by atoms with Crippen LogP contribution < -0.4 is 0 Å². The van der Waals surface area contributed by atoms with Gasteiger partial charge in [0.05, 0.1) is 6.07 Å². The van der Waals surface area contributed by atoms with E-state index in [1.54, 1.807) is 0 Å². The van der Waals surface area contributed by atoms with Crippen molar-refractivity contribution in [1.82, 2.24) is 4.90 Å². The van der Waals surface area contributed by atoms with E-state index in [4.69, 9.17) is 5.26 Å². The van der Waals surface area contributed by atoms with Crippen LogP contribution in [-0.4, -0.2) is 18.0 Å². The summed E-state index contributed by atoms with van der Waals surface area (Å²) in [5.41, 5.74) is 0. The predicted octanol–water partition coefficient (Wildman–Crippen LogP) is 3.81. The van der Waals surface area contributed by atoms with Gasteiger partial charge in [0.2, 0.25) is 0 Å². The van der Waals surface area contributed by atoms with Crippen molar-refractivity contribution >= 4 is 0 Å². The molecule has 2 nitrogen and oxygen atoms in total. The summed E-state index contributed by atoms with van der Waals surface area (Å²) in [5.74, 6) is 1.39. The van der Waals surface area contributed by atoms with Gasteiger partial charge in [-0.25, -0.2) is 0 Å². The molecule has 0 rings (SSSR count). The lowest BCUT2D eigenvalue weighted by Gasteiger charge is -2.24. The highest BCUT2D eigenvalue weighted by Gasteiger charge is 2.04. The molecule has 0 saturated carbocycles. The van der Waals surface area contributed by atoms with E-state index in [1.165, 1.54) is 0 Å². The predicted molar refractivity (Wildman–Crippen MR) is 69.9 cm³/mol. The maximum absolute atomic E-state index is 8.43. The summed E-state index contributed by atoms with van der Waals surface area (Å²) in [5, 5.41) is 8.43. The molecule has 0 atom stereocenters. The van der Waals surface area contributed by atoms with E-state index in [0.29, 0.717) is 18.3 Å². The molecule has 0 heterocycles. The molecule has 0 aliphatic carbocycles. The molecular weight excluding hydrogens is 196 g/mol. The first-order valence-electron chi connectivity index (χ1n) is 6.34. The average molecular weight is 222 g/mol. The Morgan fingerprint density at radius 1 is 1.12 bits per heavy atom. The Morgan fingerprint density at radius 3 is 2.12 bits per heavy atom. The Morgan fingerprint density at radius 2 is 1.69 bits per heavy atom. The first kappa shape index (κ1) is 15.0. The van der Waals surface area contributed by atoms with Gasteiger partial charge in [0.25, 0.3) is 0 Å². The van der Waals surface area contributed by atoms with Crippen LogP contribution in [0.3, 0.4) is 0 Å². The van der Waals surface area contributed by atoms with E-state index >= 15 is 0 Å². The lowest BCUT2D eigenvalue weighted by Crippen LogP contribution is -2.26. The van der Waals surface area contributed by atoms with Crippen LogP contribution in [0, 0.1) is 23.2 Å². The first-order chi connectivity index (χ1) is 7.56. The minimum Gasteiger partial charge on any atom is -0.377 e. The van der Waals surface area contributed by atoms with Crippen LogP contribution >= 0.6 is 0 Å². The number of allylic oxidation sites excluding steroid dienone is 1. The van der Waals surface area contributed by atoms with Crippen molar-refractivity contribution in [2.24, 2.45) is 11.8 Å². The summed E-state index contributed by atoms with van der Waals surface area (Å²) in [6, 6.07) is 2.17. The Balaban J connectivity index is 3.94. The van der Waals surface area contributed by atoms with E-state index in [1.807, 2.05) is 0 Å². The SMILES string of the molecule is CC(C)CN(C=CCCCC#N)CC(C)C. The molecule has 0 spiro atoms. The molecule has 0 fully saturated rings. The Labute approximate surface area is 101 Å². The van der Waals surface area contributed by atoms with Crippen molar-refractivity contribution in [1.29, 1.82) is 5.26 Å². The number of hydrogen-bond acceptors (Lipinski definition) is 2. The zero-order valence-corrected chi connectivity index (χ0v) is 11.2. The molecule has 0 radical (unpaired) electrons. The van der Waals surface area contributed by atoms with E-state index in [-0.39, 0.29) is 0 Å². The third-order valence-electron chi connectivity index (χ3n) is 2.17. The Kier molecular flexibility index (Phi) is 8.71. The minimum atomic E-state index is 0.665. The van der Waals surface area contributed by atoms with Crippen molar-refractivity contribution in [2.45, 2.75) is 47.0 Å². The van der Waals surface area contributed by atoms with E-state index in [2.05, 4.69) is 50.9 Å². The summed E-state index contributed by atoms with van der Waals surface area (Å²) in [6.07, 6.45) is 7.06. The minimum absolute atomic E-state index is 0.665. The second-order valence-corrected chi connectivity index (χ2v) is 5.18. The van der Waals surface area contributed by atoms with Crippen LogP contribution in [0.1, 0.15) is 47.0 Å². The summed E-state index contributed by atoms with van der Waals surface area (Å²) in [4.78, 5) is 2.39. The lowest BCUT2D eigenvalue weighted by atomic mass is 10.1. The van der Waals surface area contributed by atoms with Crippen molar-refractivity contribution in [3.8, 4) is 6.07 Å². The van der Waals surface area contributed by atoms with E-state index < -0.39 is 0 Å². The van der Waals surface area contributed by atoms with Crippen LogP contribution in [0.4, 0.5) is 0 Å². The summed E-state index contributed by atoms with van der Waals surface area (Å²) in [7, 11) is 0. The molecule has 0 aliphatic heterocycles. The first-order valence-corrected chi connectivity index (χ1v) is 6.34. The third kappa shape index (κ3) is 9.58. The Hall–Kier alpha value is -0.970. The quantitative estimate of drug-likeness (QED) is 0.584. The van der Waals surface area contributed by atoms with Gasteiger partial charge in [-0.1, -0.05) is 33.8 Å². The van der Waals surface area contributed by atoms with Crippen LogP contribution in [0.2, 0.25) is 0 Å².